The van der Waals surface area contributed by atoms with E-state index in [0.717, 1.165) is 5.19 Å². The molecule has 0 aliphatic carbocycles. The van der Waals surface area contributed by atoms with Crippen molar-refractivity contribution in [2.75, 3.05) is 13.2 Å². The SMILES string of the molecule is O[Si]1(O)CCO[Si](O)(c2ccccc2)CCO1. The minimum Gasteiger partial charge on any atom is -0.407 e. The number of benzene rings is 1. The first-order valence-corrected chi connectivity index (χ1v) is 9.60. The Bertz CT molecular complexity index is 358. The second-order valence-electron chi connectivity index (χ2n) is 4.09. The normalized spacial score (nSPS) is 29.4. The van der Waals surface area contributed by atoms with E-state index in [1.807, 2.05) is 30.3 Å². The van der Waals surface area contributed by atoms with E-state index in [4.69, 9.17) is 8.85 Å². The van der Waals surface area contributed by atoms with Crippen LogP contribution in [-0.4, -0.2) is 45.0 Å². The summed E-state index contributed by atoms with van der Waals surface area (Å²) in [5.41, 5.74) is 0. The summed E-state index contributed by atoms with van der Waals surface area (Å²) < 4.78 is 10.6. The highest BCUT2D eigenvalue weighted by Gasteiger charge is 2.42. The fourth-order valence-electron chi connectivity index (χ4n) is 1.78. The molecule has 0 saturated carbocycles. The summed E-state index contributed by atoms with van der Waals surface area (Å²) in [6, 6.07) is 9.61. The van der Waals surface area contributed by atoms with Gasteiger partial charge < -0.3 is 23.2 Å². The Morgan fingerprint density at radius 3 is 2.24 bits per heavy atom. The molecular weight excluding hydrogens is 256 g/mol. The summed E-state index contributed by atoms with van der Waals surface area (Å²) >= 11 is 0. The van der Waals surface area contributed by atoms with Crippen molar-refractivity contribution in [1.29, 1.82) is 0 Å². The molecular formula is C10H16O5Si2. The molecule has 0 radical (unpaired) electrons. The smallest absolute Gasteiger partial charge is 0.407 e. The third kappa shape index (κ3) is 3.22. The number of hydrogen-bond donors (Lipinski definition) is 3. The summed E-state index contributed by atoms with van der Waals surface area (Å²) in [7, 11) is -6.53. The molecule has 0 amide bonds. The van der Waals surface area contributed by atoms with Crippen molar-refractivity contribution < 1.29 is 23.2 Å². The van der Waals surface area contributed by atoms with Gasteiger partial charge in [0.2, 0.25) is 0 Å². The van der Waals surface area contributed by atoms with Crippen LogP contribution in [0, 0.1) is 0 Å². The van der Waals surface area contributed by atoms with Crippen molar-refractivity contribution in [2.45, 2.75) is 12.1 Å². The van der Waals surface area contributed by atoms with Crippen LogP contribution in [-0.2, 0) is 8.85 Å². The van der Waals surface area contributed by atoms with Gasteiger partial charge in [0.25, 0.3) is 0 Å². The lowest BCUT2D eigenvalue weighted by Gasteiger charge is -2.30. The quantitative estimate of drug-likeness (QED) is 0.589. The van der Waals surface area contributed by atoms with Crippen LogP contribution >= 0.6 is 0 Å². The average molecular weight is 272 g/mol. The summed E-state index contributed by atoms with van der Waals surface area (Å²) in [6.07, 6.45) is 0. The lowest BCUT2D eigenvalue weighted by molar-refractivity contribution is 0.126. The maximum Gasteiger partial charge on any atom is 0.497 e. The number of hydrogen-bond acceptors (Lipinski definition) is 5. The Labute approximate surface area is 102 Å². The second kappa shape index (κ2) is 4.98. The maximum atomic E-state index is 10.5. The van der Waals surface area contributed by atoms with Crippen molar-refractivity contribution in [1.82, 2.24) is 0 Å². The van der Waals surface area contributed by atoms with E-state index in [2.05, 4.69) is 0 Å². The Balaban J connectivity index is 2.12. The Hall–Kier alpha value is -0.546. The maximum absolute atomic E-state index is 10.5. The fraction of sp³-hybridized carbons (Fsp3) is 0.400. The van der Waals surface area contributed by atoms with Gasteiger partial charge in [-0.25, -0.2) is 0 Å². The standard InChI is InChI=1S/C10H16O5Si2/c11-16(10-4-2-1-3-5-10)8-6-15-17(12,13)9-7-14-16/h1-5,11-13H,6-9H2. The summed E-state index contributed by atoms with van der Waals surface area (Å²) in [5.74, 6) is 0. The van der Waals surface area contributed by atoms with Gasteiger partial charge >= 0.3 is 17.4 Å². The highest BCUT2D eigenvalue weighted by Crippen LogP contribution is 2.16. The Kier molecular flexibility index (Phi) is 3.78. The first kappa shape index (κ1) is 12.9. The average Bonchev–Trinajstić information content (AvgIpc) is 2.28. The van der Waals surface area contributed by atoms with E-state index in [0.29, 0.717) is 6.04 Å². The van der Waals surface area contributed by atoms with E-state index >= 15 is 0 Å². The van der Waals surface area contributed by atoms with Gasteiger partial charge in [-0.15, -0.1) is 0 Å². The predicted octanol–water partition coefficient (Wildman–Crippen LogP) is -0.702. The van der Waals surface area contributed by atoms with Crippen molar-refractivity contribution in [3.63, 3.8) is 0 Å². The predicted molar refractivity (Wildman–Crippen MR) is 65.8 cm³/mol. The van der Waals surface area contributed by atoms with Gasteiger partial charge in [-0.05, 0) is 5.19 Å². The Morgan fingerprint density at radius 1 is 0.882 bits per heavy atom. The van der Waals surface area contributed by atoms with Gasteiger partial charge in [-0.2, -0.15) is 0 Å². The molecule has 7 heteroatoms. The zero-order valence-electron chi connectivity index (χ0n) is 9.37. The molecule has 17 heavy (non-hydrogen) atoms. The zero-order chi connectivity index (χ0) is 12.4. The molecule has 1 aliphatic rings. The monoisotopic (exact) mass is 272 g/mol. The minimum atomic E-state index is -3.55. The van der Waals surface area contributed by atoms with Crippen LogP contribution in [0.2, 0.25) is 12.1 Å². The van der Waals surface area contributed by atoms with E-state index in [-0.39, 0.29) is 19.3 Å². The van der Waals surface area contributed by atoms with E-state index < -0.39 is 17.4 Å². The molecule has 1 aromatic carbocycles. The van der Waals surface area contributed by atoms with Crippen LogP contribution < -0.4 is 5.19 Å². The van der Waals surface area contributed by atoms with Crippen molar-refractivity contribution in [2.24, 2.45) is 0 Å². The lowest BCUT2D eigenvalue weighted by Crippen LogP contribution is -2.55. The van der Waals surface area contributed by atoms with Crippen LogP contribution in [0.3, 0.4) is 0 Å². The van der Waals surface area contributed by atoms with Gasteiger partial charge in [0.15, 0.2) is 0 Å². The van der Waals surface area contributed by atoms with Gasteiger partial charge in [0, 0.05) is 25.3 Å². The van der Waals surface area contributed by atoms with E-state index in [1.54, 1.807) is 0 Å². The molecule has 5 nitrogen and oxygen atoms in total. The molecule has 0 aromatic heterocycles. The number of rotatable bonds is 1. The highest BCUT2D eigenvalue weighted by atomic mass is 28.4. The van der Waals surface area contributed by atoms with Crippen LogP contribution in [0.5, 0.6) is 0 Å². The molecule has 1 unspecified atom stereocenters. The lowest BCUT2D eigenvalue weighted by atomic mass is 10.4. The van der Waals surface area contributed by atoms with Gasteiger partial charge in [0.1, 0.15) is 0 Å². The van der Waals surface area contributed by atoms with E-state index in [1.165, 1.54) is 0 Å². The third-order valence-corrected chi connectivity index (χ3v) is 7.09. The van der Waals surface area contributed by atoms with E-state index in [9.17, 15) is 14.4 Å². The van der Waals surface area contributed by atoms with Crippen LogP contribution in [0.25, 0.3) is 0 Å². The molecule has 0 bridgehead atoms. The molecule has 94 valence electrons. The molecule has 1 aliphatic heterocycles. The van der Waals surface area contributed by atoms with Crippen LogP contribution in [0.4, 0.5) is 0 Å². The topological polar surface area (TPSA) is 79.2 Å². The van der Waals surface area contributed by atoms with Gasteiger partial charge in [-0.1, -0.05) is 30.3 Å². The van der Waals surface area contributed by atoms with Crippen LogP contribution in [0.1, 0.15) is 0 Å². The molecule has 0 spiro atoms. The molecule has 3 N–H and O–H groups in total. The molecule has 1 heterocycles. The second-order valence-corrected chi connectivity index (χ2v) is 9.30. The third-order valence-electron chi connectivity index (χ3n) is 2.77. The summed E-state index contributed by atoms with van der Waals surface area (Å²) in [4.78, 5) is 29.4. The molecule has 1 aromatic rings. The zero-order valence-corrected chi connectivity index (χ0v) is 11.4. The molecule has 2 rings (SSSR count). The fourth-order valence-corrected chi connectivity index (χ4v) is 5.26. The Morgan fingerprint density at radius 2 is 1.53 bits per heavy atom. The molecule has 1 fully saturated rings. The van der Waals surface area contributed by atoms with Gasteiger partial charge in [-0.3, -0.25) is 0 Å². The van der Waals surface area contributed by atoms with Crippen molar-refractivity contribution in [3.05, 3.63) is 30.3 Å². The first-order valence-electron chi connectivity index (χ1n) is 5.52. The van der Waals surface area contributed by atoms with Crippen molar-refractivity contribution in [3.8, 4) is 0 Å². The van der Waals surface area contributed by atoms with Crippen molar-refractivity contribution >= 4 is 22.6 Å². The molecule has 1 saturated heterocycles. The minimum absolute atomic E-state index is 0.0646. The van der Waals surface area contributed by atoms with Crippen LogP contribution in [0.15, 0.2) is 30.3 Å². The summed E-state index contributed by atoms with van der Waals surface area (Å²) in [5, 5.41) is 0.786. The summed E-state index contributed by atoms with van der Waals surface area (Å²) in [6.45, 7) is 0.244. The van der Waals surface area contributed by atoms with Gasteiger partial charge in [0.05, 0.1) is 0 Å². The molecule has 1 atom stereocenters. The largest absolute Gasteiger partial charge is 0.497 e. The highest BCUT2D eigenvalue weighted by molar-refractivity contribution is 6.80. The first-order chi connectivity index (χ1) is 8.02.